The molecule has 1 aliphatic heterocycles. The third-order valence-corrected chi connectivity index (χ3v) is 3.11. The summed E-state index contributed by atoms with van der Waals surface area (Å²) in [4.78, 5) is 15.1. The van der Waals surface area contributed by atoms with Crippen molar-refractivity contribution < 1.29 is 4.74 Å². The molecule has 0 spiro atoms. The maximum Gasteiger partial charge on any atom is 0.225 e. The van der Waals surface area contributed by atoms with E-state index in [1.807, 2.05) is 19.2 Å². The molecular formula is C12H13ClN4O. The number of hydrogen-bond donors (Lipinski definition) is 0. The van der Waals surface area contributed by atoms with Crippen molar-refractivity contribution in [1.82, 2.24) is 15.0 Å². The number of ether oxygens (including phenoxy) is 1. The van der Waals surface area contributed by atoms with E-state index in [-0.39, 0.29) is 5.28 Å². The molecule has 1 saturated heterocycles. The van der Waals surface area contributed by atoms with Crippen LogP contribution in [0.2, 0.25) is 5.28 Å². The van der Waals surface area contributed by atoms with Gasteiger partial charge in [0.1, 0.15) is 5.52 Å². The van der Waals surface area contributed by atoms with Crippen molar-refractivity contribution in [2.45, 2.75) is 6.92 Å². The average Bonchev–Trinajstić information content (AvgIpc) is 2.38. The summed E-state index contributed by atoms with van der Waals surface area (Å²) in [7, 11) is 0. The lowest BCUT2D eigenvalue weighted by Crippen LogP contribution is -2.37. The lowest BCUT2D eigenvalue weighted by molar-refractivity contribution is 0.122. The first-order valence-corrected chi connectivity index (χ1v) is 6.24. The molecule has 1 aliphatic rings. The number of aryl methyl sites for hydroxylation is 1. The van der Waals surface area contributed by atoms with Gasteiger partial charge in [-0.3, -0.25) is 4.98 Å². The van der Waals surface area contributed by atoms with Gasteiger partial charge in [-0.05, 0) is 30.2 Å². The number of anilines is 1. The first kappa shape index (κ1) is 11.6. The van der Waals surface area contributed by atoms with Gasteiger partial charge in [0, 0.05) is 19.3 Å². The van der Waals surface area contributed by atoms with Crippen molar-refractivity contribution in [3.8, 4) is 0 Å². The molecule has 3 heterocycles. The van der Waals surface area contributed by atoms with Crippen LogP contribution in [0.15, 0.2) is 12.3 Å². The van der Waals surface area contributed by atoms with Gasteiger partial charge in [0.25, 0.3) is 0 Å². The minimum atomic E-state index is 0.261. The van der Waals surface area contributed by atoms with Gasteiger partial charge in [-0.25, -0.2) is 4.98 Å². The molecule has 0 aliphatic carbocycles. The first-order valence-electron chi connectivity index (χ1n) is 5.86. The van der Waals surface area contributed by atoms with Crippen LogP contribution in [0.3, 0.4) is 0 Å². The summed E-state index contributed by atoms with van der Waals surface area (Å²) in [5, 5.41) is 0.261. The molecule has 0 amide bonds. The van der Waals surface area contributed by atoms with E-state index in [1.165, 1.54) is 0 Å². The SMILES string of the molecule is Cc1cnc2c(N3CCOCC3)nc(Cl)nc2c1. The summed E-state index contributed by atoms with van der Waals surface area (Å²) < 4.78 is 5.34. The molecule has 6 heteroatoms. The lowest BCUT2D eigenvalue weighted by Gasteiger charge is -2.28. The molecule has 2 aromatic rings. The molecule has 94 valence electrons. The van der Waals surface area contributed by atoms with Gasteiger partial charge in [0.05, 0.1) is 18.7 Å². The van der Waals surface area contributed by atoms with Gasteiger partial charge in [0.2, 0.25) is 5.28 Å². The molecule has 0 atom stereocenters. The molecule has 0 radical (unpaired) electrons. The minimum Gasteiger partial charge on any atom is -0.378 e. The Kier molecular flexibility index (Phi) is 3.01. The van der Waals surface area contributed by atoms with Crippen molar-refractivity contribution in [3.05, 3.63) is 23.1 Å². The summed E-state index contributed by atoms with van der Waals surface area (Å²) in [5.74, 6) is 0.799. The van der Waals surface area contributed by atoms with Gasteiger partial charge < -0.3 is 9.64 Å². The quantitative estimate of drug-likeness (QED) is 0.736. The Morgan fingerprint density at radius 1 is 1.28 bits per heavy atom. The van der Waals surface area contributed by atoms with E-state index in [0.29, 0.717) is 13.2 Å². The van der Waals surface area contributed by atoms with E-state index in [2.05, 4.69) is 19.9 Å². The van der Waals surface area contributed by atoms with E-state index in [4.69, 9.17) is 16.3 Å². The summed E-state index contributed by atoms with van der Waals surface area (Å²) in [6, 6.07) is 1.97. The van der Waals surface area contributed by atoms with Crippen LogP contribution < -0.4 is 4.90 Å². The summed E-state index contributed by atoms with van der Waals surface area (Å²) >= 11 is 5.99. The number of fused-ring (bicyclic) bond motifs is 1. The van der Waals surface area contributed by atoms with Crippen molar-refractivity contribution in [1.29, 1.82) is 0 Å². The Balaban J connectivity index is 2.14. The van der Waals surface area contributed by atoms with Crippen LogP contribution >= 0.6 is 11.6 Å². The Morgan fingerprint density at radius 3 is 2.83 bits per heavy atom. The minimum absolute atomic E-state index is 0.261. The Labute approximate surface area is 110 Å². The predicted molar refractivity (Wildman–Crippen MR) is 70.1 cm³/mol. The van der Waals surface area contributed by atoms with E-state index < -0.39 is 0 Å². The number of morpholine rings is 1. The highest BCUT2D eigenvalue weighted by Crippen LogP contribution is 2.24. The summed E-state index contributed by atoms with van der Waals surface area (Å²) in [6.07, 6.45) is 1.82. The highest BCUT2D eigenvalue weighted by atomic mass is 35.5. The smallest absolute Gasteiger partial charge is 0.225 e. The number of hydrogen-bond acceptors (Lipinski definition) is 5. The second-order valence-electron chi connectivity index (χ2n) is 4.30. The topological polar surface area (TPSA) is 51.1 Å². The molecular weight excluding hydrogens is 252 g/mol. The van der Waals surface area contributed by atoms with Crippen molar-refractivity contribution >= 4 is 28.5 Å². The zero-order valence-electron chi connectivity index (χ0n) is 10.1. The number of rotatable bonds is 1. The molecule has 0 bridgehead atoms. The van der Waals surface area contributed by atoms with E-state index in [0.717, 1.165) is 35.5 Å². The van der Waals surface area contributed by atoms with Crippen molar-refractivity contribution in [3.63, 3.8) is 0 Å². The zero-order chi connectivity index (χ0) is 12.5. The maximum atomic E-state index is 5.99. The highest BCUT2D eigenvalue weighted by Gasteiger charge is 2.17. The first-order chi connectivity index (χ1) is 8.74. The fraction of sp³-hybridized carbons (Fsp3) is 0.417. The van der Waals surface area contributed by atoms with Gasteiger partial charge in [0.15, 0.2) is 5.82 Å². The zero-order valence-corrected chi connectivity index (χ0v) is 10.8. The third kappa shape index (κ3) is 2.11. The Morgan fingerprint density at radius 2 is 2.06 bits per heavy atom. The standard InChI is InChI=1S/C12H13ClN4O/c1-8-6-9-10(14-7-8)11(16-12(13)15-9)17-2-4-18-5-3-17/h6-7H,2-5H2,1H3. The normalized spacial score (nSPS) is 16.2. The van der Waals surface area contributed by atoms with Crippen LogP contribution in [0.1, 0.15) is 5.56 Å². The average molecular weight is 265 g/mol. The van der Waals surface area contributed by atoms with Gasteiger partial charge in [-0.1, -0.05) is 0 Å². The highest BCUT2D eigenvalue weighted by molar-refractivity contribution is 6.28. The van der Waals surface area contributed by atoms with Crippen molar-refractivity contribution in [2.75, 3.05) is 31.2 Å². The molecule has 2 aromatic heterocycles. The second-order valence-corrected chi connectivity index (χ2v) is 4.63. The summed E-state index contributed by atoms with van der Waals surface area (Å²) in [6.45, 7) is 5.00. The van der Waals surface area contributed by atoms with Crippen LogP contribution in [0, 0.1) is 6.92 Å². The van der Waals surface area contributed by atoms with Gasteiger partial charge >= 0.3 is 0 Å². The number of aromatic nitrogens is 3. The molecule has 0 aromatic carbocycles. The number of halogens is 1. The third-order valence-electron chi connectivity index (χ3n) is 2.94. The molecule has 5 nitrogen and oxygen atoms in total. The molecule has 0 unspecified atom stereocenters. The monoisotopic (exact) mass is 264 g/mol. The largest absolute Gasteiger partial charge is 0.378 e. The molecule has 18 heavy (non-hydrogen) atoms. The van der Waals surface area contributed by atoms with Crippen molar-refractivity contribution in [2.24, 2.45) is 0 Å². The molecule has 3 rings (SSSR count). The Bertz CT molecular complexity index is 578. The Hall–Kier alpha value is -1.46. The van der Waals surface area contributed by atoms with E-state index in [9.17, 15) is 0 Å². The van der Waals surface area contributed by atoms with Crippen LogP contribution in [0.4, 0.5) is 5.82 Å². The second kappa shape index (κ2) is 4.66. The van der Waals surface area contributed by atoms with Crippen LogP contribution in [-0.2, 0) is 4.74 Å². The molecule has 0 N–H and O–H groups in total. The maximum absolute atomic E-state index is 5.99. The van der Waals surface area contributed by atoms with E-state index in [1.54, 1.807) is 0 Å². The van der Waals surface area contributed by atoms with Crippen LogP contribution in [0.25, 0.3) is 11.0 Å². The number of nitrogens with zero attached hydrogens (tertiary/aromatic N) is 4. The lowest BCUT2D eigenvalue weighted by atomic mass is 10.2. The summed E-state index contributed by atoms with van der Waals surface area (Å²) in [5.41, 5.74) is 2.65. The van der Waals surface area contributed by atoms with Crippen LogP contribution in [-0.4, -0.2) is 41.3 Å². The molecule has 1 fully saturated rings. The predicted octanol–water partition coefficient (Wildman–Crippen LogP) is 1.82. The number of pyridine rings is 1. The van der Waals surface area contributed by atoms with Crippen LogP contribution in [0.5, 0.6) is 0 Å². The molecule has 0 saturated carbocycles. The van der Waals surface area contributed by atoms with Gasteiger partial charge in [-0.15, -0.1) is 0 Å². The fourth-order valence-electron chi connectivity index (χ4n) is 2.07. The van der Waals surface area contributed by atoms with E-state index >= 15 is 0 Å². The van der Waals surface area contributed by atoms with Gasteiger partial charge in [-0.2, -0.15) is 4.98 Å². The fourth-order valence-corrected chi connectivity index (χ4v) is 2.24.